The third-order valence-corrected chi connectivity index (χ3v) is 6.10. The van der Waals surface area contributed by atoms with Gasteiger partial charge in [0.1, 0.15) is 6.54 Å². The van der Waals surface area contributed by atoms with Gasteiger partial charge in [-0.25, -0.2) is 0 Å². The fourth-order valence-electron chi connectivity index (χ4n) is 4.36. The molecule has 0 radical (unpaired) electrons. The SMILES string of the molecule is O=C(CN1C(=O)C2CCCCC2C1=O)NCC1(c2ccccc2)CC1. The lowest BCUT2D eigenvalue weighted by Gasteiger charge is -2.19. The number of fused-ring (bicyclic) bond motifs is 1. The normalized spacial score (nSPS) is 27.1. The molecule has 0 spiro atoms. The second kappa shape index (κ2) is 6.28. The summed E-state index contributed by atoms with van der Waals surface area (Å²) in [6, 6.07) is 10.2. The van der Waals surface area contributed by atoms with Crippen LogP contribution in [0.25, 0.3) is 0 Å². The van der Waals surface area contributed by atoms with Gasteiger partial charge in [-0.2, -0.15) is 0 Å². The average Bonchev–Trinajstić information content (AvgIpc) is 3.41. The molecule has 5 nitrogen and oxygen atoms in total. The molecule has 132 valence electrons. The van der Waals surface area contributed by atoms with E-state index in [1.54, 1.807) is 0 Å². The molecule has 5 heteroatoms. The summed E-state index contributed by atoms with van der Waals surface area (Å²) in [7, 11) is 0. The van der Waals surface area contributed by atoms with Crippen molar-refractivity contribution in [1.29, 1.82) is 0 Å². The topological polar surface area (TPSA) is 66.5 Å². The summed E-state index contributed by atoms with van der Waals surface area (Å²) in [5.74, 6) is -0.896. The van der Waals surface area contributed by atoms with Crippen LogP contribution in [0.2, 0.25) is 0 Å². The number of benzene rings is 1. The number of hydrogen-bond acceptors (Lipinski definition) is 3. The summed E-state index contributed by atoms with van der Waals surface area (Å²) in [6.07, 6.45) is 5.68. The first-order chi connectivity index (χ1) is 12.1. The number of amides is 3. The molecular weight excluding hydrogens is 316 g/mol. The average molecular weight is 340 g/mol. The molecule has 0 bridgehead atoms. The highest BCUT2D eigenvalue weighted by Crippen LogP contribution is 2.47. The molecule has 1 heterocycles. The highest BCUT2D eigenvalue weighted by atomic mass is 16.2. The first kappa shape index (κ1) is 16.3. The molecule has 2 atom stereocenters. The fourth-order valence-corrected chi connectivity index (χ4v) is 4.36. The van der Waals surface area contributed by atoms with E-state index >= 15 is 0 Å². The molecule has 2 saturated carbocycles. The number of hydrogen-bond donors (Lipinski definition) is 1. The predicted octanol–water partition coefficient (Wildman–Crippen LogP) is 2.01. The summed E-state index contributed by atoms with van der Waals surface area (Å²) >= 11 is 0. The van der Waals surface area contributed by atoms with Crippen molar-refractivity contribution in [2.75, 3.05) is 13.1 Å². The molecule has 3 fully saturated rings. The van der Waals surface area contributed by atoms with Crippen LogP contribution in [0.4, 0.5) is 0 Å². The molecular formula is C20H24N2O3. The van der Waals surface area contributed by atoms with Crippen LogP contribution in [0, 0.1) is 11.8 Å². The van der Waals surface area contributed by atoms with Crippen molar-refractivity contribution in [3.05, 3.63) is 35.9 Å². The number of carbonyl (C=O) groups excluding carboxylic acids is 3. The molecule has 1 aliphatic heterocycles. The van der Waals surface area contributed by atoms with Crippen molar-refractivity contribution < 1.29 is 14.4 Å². The summed E-state index contributed by atoms with van der Waals surface area (Å²) in [5.41, 5.74) is 1.28. The van der Waals surface area contributed by atoms with E-state index in [9.17, 15) is 14.4 Å². The molecule has 25 heavy (non-hydrogen) atoms. The Kier molecular flexibility index (Phi) is 4.10. The minimum atomic E-state index is -0.234. The maximum absolute atomic E-state index is 12.4. The lowest BCUT2D eigenvalue weighted by Crippen LogP contribution is -2.43. The van der Waals surface area contributed by atoms with Crippen LogP contribution in [0.15, 0.2) is 30.3 Å². The number of rotatable bonds is 5. The molecule has 1 aromatic carbocycles. The van der Waals surface area contributed by atoms with Gasteiger partial charge in [-0.1, -0.05) is 43.2 Å². The first-order valence-corrected chi connectivity index (χ1v) is 9.28. The van der Waals surface area contributed by atoms with Crippen LogP contribution in [0.5, 0.6) is 0 Å². The van der Waals surface area contributed by atoms with Crippen LogP contribution >= 0.6 is 0 Å². The third-order valence-electron chi connectivity index (χ3n) is 6.10. The zero-order valence-electron chi connectivity index (χ0n) is 14.4. The first-order valence-electron chi connectivity index (χ1n) is 9.28. The fraction of sp³-hybridized carbons (Fsp3) is 0.550. The minimum Gasteiger partial charge on any atom is -0.354 e. The minimum absolute atomic E-state index is 0.0317. The van der Waals surface area contributed by atoms with Gasteiger partial charge in [0.15, 0.2) is 0 Å². The van der Waals surface area contributed by atoms with Crippen molar-refractivity contribution in [3.63, 3.8) is 0 Å². The Morgan fingerprint density at radius 2 is 1.64 bits per heavy atom. The molecule has 0 aromatic heterocycles. The number of nitrogens with zero attached hydrogens (tertiary/aromatic N) is 1. The van der Waals surface area contributed by atoms with Crippen LogP contribution in [-0.2, 0) is 19.8 Å². The Morgan fingerprint density at radius 3 is 2.20 bits per heavy atom. The summed E-state index contributed by atoms with van der Waals surface area (Å²) in [4.78, 5) is 38.4. The van der Waals surface area contributed by atoms with E-state index in [4.69, 9.17) is 0 Å². The van der Waals surface area contributed by atoms with E-state index in [1.165, 1.54) is 10.5 Å². The number of likely N-dealkylation sites (tertiary alicyclic amines) is 1. The third kappa shape index (κ3) is 2.96. The van der Waals surface area contributed by atoms with Crippen LogP contribution < -0.4 is 5.32 Å². The summed E-state index contributed by atoms with van der Waals surface area (Å²) in [6.45, 7) is 0.439. The lowest BCUT2D eigenvalue weighted by molar-refractivity contribution is -0.143. The van der Waals surface area contributed by atoms with Crippen molar-refractivity contribution in [2.45, 2.75) is 43.9 Å². The molecule has 1 saturated heterocycles. The van der Waals surface area contributed by atoms with Gasteiger partial charge in [0, 0.05) is 12.0 Å². The Hall–Kier alpha value is -2.17. The second-order valence-corrected chi connectivity index (χ2v) is 7.68. The lowest BCUT2D eigenvalue weighted by atomic mass is 9.81. The van der Waals surface area contributed by atoms with E-state index in [0.29, 0.717) is 6.54 Å². The molecule has 1 N–H and O–H groups in total. The number of nitrogens with one attached hydrogen (secondary N) is 1. The highest BCUT2D eigenvalue weighted by molar-refractivity contribution is 6.07. The van der Waals surface area contributed by atoms with Crippen LogP contribution in [0.1, 0.15) is 44.1 Å². The second-order valence-electron chi connectivity index (χ2n) is 7.68. The maximum atomic E-state index is 12.4. The van der Waals surface area contributed by atoms with Gasteiger partial charge >= 0.3 is 0 Å². The zero-order valence-corrected chi connectivity index (χ0v) is 14.4. The van der Waals surface area contributed by atoms with Gasteiger partial charge in [-0.3, -0.25) is 19.3 Å². The van der Waals surface area contributed by atoms with Gasteiger partial charge in [0.25, 0.3) is 0 Å². The van der Waals surface area contributed by atoms with E-state index in [0.717, 1.165) is 38.5 Å². The van der Waals surface area contributed by atoms with Gasteiger partial charge in [0.2, 0.25) is 17.7 Å². The quantitative estimate of drug-likeness (QED) is 0.834. The standard InChI is InChI=1S/C20H24N2O3/c23-17(21-13-20(10-11-20)14-6-2-1-3-7-14)12-22-18(24)15-8-4-5-9-16(15)19(22)25/h1-3,6-7,15-16H,4-5,8-13H2,(H,21,23). The van der Waals surface area contributed by atoms with E-state index in [2.05, 4.69) is 17.4 Å². The van der Waals surface area contributed by atoms with Crippen LogP contribution in [-0.4, -0.2) is 35.7 Å². The van der Waals surface area contributed by atoms with Gasteiger partial charge < -0.3 is 5.32 Å². The van der Waals surface area contributed by atoms with Crippen molar-refractivity contribution >= 4 is 17.7 Å². The monoisotopic (exact) mass is 340 g/mol. The number of imide groups is 1. The summed E-state index contributed by atoms with van der Waals surface area (Å²) < 4.78 is 0. The maximum Gasteiger partial charge on any atom is 0.240 e. The predicted molar refractivity (Wildman–Crippen MR) is 92.5 cm³/mol. The van der Waals surface area contributed by atoms with Crippen molar-refractivity contribution in [3.8, 4) is 0 Å². The Morgan fingerprint density at radius 1 is 1.04 bits per heavy atom. The van der Waals surface area contributed by atoms with Gasteiger partial charge in [-0.05, 0) is 31.2 Å². The van der Waals surface area contributed by atoms with E-state index < -0.39 is 0 Å². The van der Waals surface area contributed by atoms with Crippen molar-refractivity contribution in [2.24, 2.45) is 11.8 Å². The molecule has 1 aromatic rings. The number of carbonyl (C=O) groups is 3. The Labute approximate surface area is 147 Å². The smallest absolute Gasteiger partial charge is 0.240 e. The van der Waals surface area contributed by atoms with Gasteiger partial charge in [0.05, 0.1) is 11.8 Å². The molecule has 3 amide bonds. The molecule has 3 aliphatic rings. The van der Waals surface area contributed by atoms with Crippen LogP contribution in [0.3, 0.4) is 0 Å². The summed E-state index contributed by atoms with van der Waals surface area (Å²) in [5, 5.41) is 2.95. The van der Waals surface area contributed by atoms with Crippen molar-refractivity contribution in [1.82, 2.24) is 10.2 Å². The highest BCUT2D eigenvalue weighted by Gasteiger charge is 2.49. The molecule has 2 aliphatic carbocycles. The van der Waals surface area contributed by atoms with Gasteiger partial charge in [-0.15, -0.1) is 0 Å². The largest absolute Gasteiger partial charge is 0.354 e. The molecule has 2 unspecified atom stereocenters. The van der Waals surface area contributed by atoms with E-state index in [1.807, 2.05) is 18.2 Å². The molecule has 4 rings (SSSR count). The Balaban J connectivity index is 1.35. The zero-order chi connectivity index (χ0) is 17.4. The Bertz CT molecular complexity index is 672. The van der Waals surface area contributed by atoms with E-state index in [-0.39, 0.29) is 41.5 Å².